The minimum Gasteiger partial charge on any atom is -0.375 e. The molecule has 0 radical (unpaired) electrons. The summed E-state index contributed by atoms with van der Waals surface area (Å²) in [5.41, 5.74) is 2.90. The van der Waals surface area contributed by atoms with Gasteiger partial charge in [-0.2, -0.15) is 0 Å². The number of rotatable bonds is 4. The number of nitro groups is 1. The second kappa shape index (κ2) is 5.28. The SMILES string of the molecule is Cn1cc(CNc2ccccc2[N+](=O)[O-])c2ccccc21. The molecule has 3 aromatic rings. The Bertz CT molecular complexity index is 808. The molecule has 0 unspecified atom stereocenters. The molecular weight excluding hydrogens is 266 g/mol. The molecule has 0 aliphatic carbocycles. The van der Waals surface area contributed by atoms with Gasteiger partial charge in [-0.15, -0.1) is 0 Å². The van der Waals surface area contributed by atoms with Crippen LogP contribution in [0.3, 0.4) is 0 Å². The van der Waals surface area contributed by atoms with Crippen LogP contribution >= 0.6 is 0 Å². The van der Waals surface area contributed by atoms with Crippen molar-refractivity contribution in [1.29, 1.82) is 0 Å². The van der Waals surface area contributed by atoms with Gasteiger partial charge in [0.15, 0.2) is 0 Å². The summed E-state index contributed by atoms with van der Waals surface area (Å²) in [6.07, 6.45) is 2.05. The molecule has 0 aliphatic heterocycles. The van der Waals surface area contributed by atoms with E-state index < -0.39 is 0 Å². The molecule has 0 atom stereocenters. The summed E-state index contributed by atoms with van der Waals surface area (Å²) < 4.78 is 2.06. The Balaban J connectivity index is 1.89. The number of para-hydroxylation sites is 3. The quantitative estimate of drug-likeness (QED) is 0.586. The summed E-state index contributed by atoms with van der Waals surface area (Å²) in [4.78, 5) is 10.6. The Hall–Kier alpha value is -2.82. The zero-order valence-corrected chi connectivity index (χ0v) is 11.6. The molecule has 0 spiro atoms. The number of fused-ring (bicyclic) bond motifs is 1. The van der Waals surface area contributed by atoms with Crippen LogP contribution in [-0.2, 0) is 13.6 Å². The maximum Gasteiger partial charge on any atom is 0.292 e. The third-order valence-corrected chi connectivity index (χ3v) is 3.55. The van der Waals surface area contributed by atoms with Gasteiger partial charge >= 0.3 is 0 Å². The van der Waals surface area contributed by atoms with Crippen molar-refractivity contribution in [2.45, 2.75) is 6.54 Å². The highest BCUT2D eigenvalue weighted by Crippen LogP contribution is 2.26. The fourth-order valence-corrected chi connectivity index (χ4v) is 2.54. The van der Waals surface area contributed by atoms with Crippen LogP contribution in [0.25, 0.3) is 10.9 Å². The number of benzene rings is 2. The van der Waals surface area contributed by atoms with Crippen molar-refractivity contribution in [1.82, 2.24) is 4.57 Å². The number of nitrogens with zero attached hydrogens (tertiary/aromatic N) is 2. The maximum absolute atomic E-state index is 11.0. The van der Waals surface area contributed by atoms with Gasteiger partial charge in [-0.1, -0.05) is 30.3 Å². The lowest BCUT2D eigenvalue weighted by atomic mass is 10.1. The van der Waals surface area contributed by atoms with Crippen molar-refractivity contribution in [3.8, 4) is 0 Å². The van der Waals surface area contributed by atoms with E-state index in [-0.39, 0.29) is 10.6 Å². The minimum atomic E-state index is -0.370. The molecule has 1 N–H and O–H groups in total. The number of nitro benzene ring substituents is 1. The minimum absolute atomic E-state index is 0.0951. The molecule has 0 bridgehead atoms. The average molecular weight is 281 g/mol. The van der Waals surface area contributed by atoms with Crippen molar-refractivity contribution in [3.63, 3.8) is 0 Å². The number of aromatic nitrogens is 1. The largest absolute Gasteiger partial charge is 0.375 e. The average Bonchev–Trinajstić information content (AvgIpc) is 2.82. The zero-order chi connectivity index (χ0) is 14.8. The number of aryl methyl sites for hydroxylation is 1. The van der Waals surface area contributed by atoms with Crippen LogP contribution in [0.4, 0.5) is 11.4 Å². The van der Waals surface area contributed by atoms with Crippen LogP contribution in [0.1, 0.15) is 5.56 Å². The van der Waals surface area contributed by atoms with E-state index in [4.69, 9.17) is 0 Å². The summed E-state index contributed by atoms with van der Waals surface area (Å²) >= 11 is 0. The van der Waals surface area contributed by atoms with Crippen molar-refractivity contribution in [3.05, 3.63) is 70.4 Å². The van der Waals surface area contributed by atoms with Crippen LogP contribution in [-0.4, -0.2) is 9.49 Å². The van der Waals surface area contributed by atoms with Gasteiger partial charge in [0, 0.05) is 36.8 Å². The second-order valence-corrected chi connectivity index (χ2v) is 4.91. The smallest absolute Gasteiger partial charge is 0.292 e. The Morgan fingerprint density at radius 1 is 1.14 bits per heavy atom. The third kappa shape index (κ3) is 2.45. The van der Waals surface area contributed by atoms with Gasteiger partial charge in [-0.05, 0) is 17.7 Å². The molecule has 0 saturated heterocycles. The lowest BCUT2D eigenvalue weighted by Gasteiger charge is -2.06. The van der Waals surface area contributed by atoms with Crippen LogP contribution in [0, 0.1) is 10.1 Å². The van der Waals surface area contributed by atoms with Gasteiger partial charge in [-0.3, -0.25) is 10.1 Å². The molecule has 5 nitrogen and oxygen atoms in total. The third-order valence-electron chi connectivity index (χ3n) is 3.55. The first kappa shape index (κ1) is 13.2. The van der Waals surface area contributed by atoms with E-state index in [1.807, 2.05) is 25.4 Å². The molecular formula is C16H15N3O2. The Morgan fingerprint density at radius 3 is 2.67 bits per heavy atom. The molecule has 0 amide bonds. The van der Waals surface area contributed by atoms with Gasteiger partial charge in [0.05, 0.1) is 4.92 Å². The predicted molar refractivity (Wildman–Crippen MR) is 83.3 cm³/mol. The summed E-state index contributed by atoms with van der Waals surface area (Å²) in [6.45, 7) is 0.548. The fraction of sp³-hybridized carbons (Fsp3) is 0.125. The molecule has 0 fully saturated rings. The molecule has 5 heteroatoms. The molecule has 1 heterocycles. The summed E-state index contributed by atoms with van der Waals surface area (Å²) in [6, 6.07) is 14.8. The Labute approximate surface area is 122 Å². The van der Waals surface area contributed by atoms with Gasteiger partial charge in [0.1, 0.15) is 5.69 Å². The van der Waals surface area contributed by atoms with Crippen molar-refractivity contribution in [2.24, 2.45) is 7.05 Å². The van der Waals surface area contributed by atoms with E-state index in [2.05, 4.69) is 22.0 Å². The molecule has 106 valence electrons. The van der Waals surface area contributed by atoms with Gasteiger partial charge < -0.3 is 9.88 Å². The highest BCUT2D eigenvalue weighted by atomic mass is 16.6. The zero-order valence-electron chi connectivity index (χ0n) is 11.6. The van der Waals surface area contributed by atoms with E-state index >= 15 is 0 Å². The van der Waals surface area contributed by atoms with E-state index in [9.17, 15) is 10.1 Å². The van der Waals surface area contributed by atoms with Crippen molar-refractivity contribution < 1.29 is 4.92 Å². The highest BCUT2D eigenvalue weighted by Gasteiger charge is 2.12. The van der Waals surface area contributed by atoms with Gasteiger partial charge in [0.2, 0.25) is 0 Å². The van der Waals surface area contributed by atoms with E-state index in [1.165, 1.54) is 6.07 Å². The summed E-state index contributed by atoms with van der Waals surface area (Å²) in [5.74, 6) is 0. The van der Waals surface area contributed by atoms with Crippen LogP contribution in [0.5, 0.6) is 0 Å². The standard InChI is InChI=1S/C16H15N3O2/c1-18-11-12(13-6-2-4-8-15(13)18)10-17-14-7-3-5-9-16(14)19(20)21/h2-9,11,17H,10H2,1H3. The molecule has 21 heavy (non-hydrogen) atoms. The number of hydrogen-bond acceptors (Lipinski definition) is 3. The Kier molecular flexibility index (Phi) is 3.31. The summed E-state index contributed by atoms with van der Waals surface area (Å²) in [5, 5.41) is 15.3. The second-order valence-electron chi connectivity index (χ2n) is 4.91. The van der Waals surface area contributed by atoms with Crippen molar-refractivity contribution in [2.75, 3.05) is 5.32 Å². The van der Waals surface area contributed by atoms with Crippen LogP contribution in [0.2, 0.25) is 0 Å². The normalized spacial score (nSPS) is 10.7. The first-order valence-corrected chi connectivity index (χ1v) is 6.67. The number of anilines is 1. The topological polar surface area (TPSA) is 60.1 Å². The van der Waals surface area contributed by atoms with Gasteiger partial charge in [-0.25, -0.2) is 0 Å². The number of hydrogen-bond donors (Lipinski definition) is 1. The maximum atomic E-state index is 11.0. The highest BCUT2D eigenvalue weighted by molar-refractivity contribution is 5.84. The summed E-state index contributed by atoms with van der Waals surface area (Å²) in [7, 11) is 2.00. The molecule has 1 aromatic heterocycles. The first-order chi connectivity index (χ1) is 10.2. The molecule has 3 rings (SSSR count). The van der Waals surface area contributed by atoms with E-state index in [0.717, 1.165) is 16.5 Å². The van der Waals surface area contributed by atoms with Crippen LogP contribution in [0.15, 0.2) is 54.7 Å². The number of nitrogens with one attached hydrogen (secondary N) is 1. The van der Waals surface area contributed by atoms with Gasteiger partial charge in [0.25, 0.3) is 5.69 Å². The van der Waals surface area contributed by atoms with E-state index in [0.29, 0.717) is 12.2 Å². The van der Waals surface area contributed by atoms with Crippen LogP contribution < -0.4 is 5.32 Å². The van der Waals surface area contributed by atoms with Crippen molar-refractivity contribution >= 4 is 22.3 Å². The first-order valence-electron chi connectivity index (χ1n) is 6.67. The lowest BCUT2D eigenvalue weighted by molar-refractivity contribution is -0.384. The Morgan fingerprint density at radius 2 is 1.86 bits per heavy atom. The molecule has 0 saturated carbocycles. The molecule has 2 aromatic carbocycles. The van der Waals surface area contributed by atoms with E-state index in [1.54, 1.807) is 18.2 Å². The predicted octanol–water partition coefficient (Wildman–Crippen LogP) is 3.70. The fourth-order valence-electron chi connectivity index (χ4n) is 2.54. The molecule has 0 aliphatic rings. The monoisotopic (exact) mass is 281 g/mol. The lowest BCUT2D eigenvalue weighted by Crippen LogP contribution is -2.02.